The fraction of sp³-hybridized carbons (Fsp3) is 0.625. The number of aromatic hydroxyl groups is 1. The number of hydrogen-bond donors (Lipinski definition) is 3. The molecule has 0 aromatic heterocycles. The highest BCUT2D eigenvalue weighted by molar-refractivity contribution is 5.50. The van der Waals surface area contributed by atoms with Crippen molar-refractivity contribution in [3.63, 3.8) is 0 Å². The Hall–Kier alpha value is -1.06. The SMILES string of the molecule is Oc1cccc2c1C[C@H]1NCC[C@@]23CCCCC13O. The number of aliphatic hydroxyl groups is 1. The molecule has 19 heavy (non-hydrogen) atoms. The van der Waals surface area contributed by atoms with E-state index in [2.05, 4.69) is 11.4 Å². The fourth-order valence-corrected chi connectivity index (χ4v) is 4.94. The van der Waals surface area contributed by atoms with Crippen molar-refractivity contribution in [3.05, 3.63) is 29.3 Å². The lowest BCUT2D eigenvalue weighted by Gasteiger charge is -2.61. The Kier molecular flexibility index (Phi) is 2.31. The molecule has 1 saturated heterocycles. The molecule has 3 atom stereocenters. The van der Waals surface area contributed by atoms with Crippen LogP contribution in [0, 0.1) is 0 Å². The van der Waals surface area contributed by atoms with E-state index >= 15 is 0 Å². The van der Waals surface area contributed by atoms with Gasteiger partial charge >= 0.3 is 0 Å². The molecule has 2 aliphatic carbocycles. The molecule has 102 valence electrons. The van der Waals surface area contributed by atoms with Crippen LogP contribution in [0.1, 0.15) is 43.2 Å². The van der Waals surface area contributed by atoms with Crippen LogP contribution in [-0.4, -0.2) is 28.4 Å². The van der Waals surface area contributed by atoms with Gasteiger partial charge in [0.15, 0.2) is 0 Å². The van der Waals surface area contributed by atoms with Crippen molar-refractivity contribution >= 4 is 0 Å². The number of rotatable bonds is 0. The van der Waals surface area contributed by atoms with Gasteiger partial charge in [-0.1, -0.05) is 25.0 Å². The Morgan fingerprint density at radius 3 is 2.89 bits per heavy atom. The van der Waals surface area contributed by atoms with Gasteiger partial charge in [0.1, 0.15) is 5.75 Å². The number of piperidine rings is 1. The molecule has 1 saturated carbocycles. The standard InChI is InChI=1S/C16H21NO2/c18-13-5-3-4-12-11(13)10-14-16(19)7-2-1-6-15(12,16)8-9-17-14/h3-5,14,17-19H,1-2,6-10H2/t14-,15+,16?/m1/s1. The molecule has 1 heterocycles. The zero-order valence-electron chi connectivity index (χ0n) is 11.2. The van der Waals surface area contributed by atoms with Crippen molar-refractivity contribution in [3.8, 4) is 5.75 Å². The fourth-order valence-electron chi connectivity index (χ4n) is 4.94. The second kappa shape index (κ2) is 3.74. The maximum atomic E-state index is 11.4. The Labute approximate surface area is 113 Å². The minimum absolute atomic E-state index is 0.0994. The van der Waals surface area contributed by atoms with Crippen molar-refractivity contribution in [2.24, 2.45) is 0 Å². The van der Waals surface area contributed by atoms with Gasteiger partial charge in [-0.3, -0.25) is 0 Å². The number of nitrogens with one attached hydrogen (secondary N) is 1. The molecular formula is C16H21NO2. The molecule has 0 spiro atoms. The molecule has 1 aromatic rings. The Bertz CT molecular complexity index is 525. The molecule has 3 N–H and O–H groups in total. The van der Waals surface area contributed by atoms with Gasteiger partial charge in [0, 0.05) is 11.5 Å². The Morgan fingerprint density at radius 2 is 2.00 bits per heavy atom. The van der Waals surface area contributed by atoms with Crippen LogP contribution < -0.4 is 5.32 Å². The van der Waals surface area contributed by atoms with Gasteiger partial charge in [-0.15, -0.1) is 0 Å². The predicted octanol–water partition coefficient (Wildman–Crippen LogP) is 1.85. The molecule has 2 fully saturated rings. The number of hydrogen-bond acceptors (Lipinski definition) is 3. The van der Waals surface area contributed by atoms with Crippen molar-refractivity contribution in [1.29, 1.82) is 0 Å². The predicted molar refractivity (Wildman–Crippen MR) is 73.3 cm³/mol. The highest BCUT2D eigenvalue weighted by atomic mass is 16.3. The van der Waals surface area contributed by atoms with Gasteiger partial charge in [-0.25, -0.2) is 0 Å². The van der Waals surface area contributed by atoms with Crippen molar-refractivity contribution in [2.45, 2.75) is 55.6 Å². The van der Waals surface area contributed by atoms with Gasteiger partial charge < -0.3 is 15.5 Å². The number of benzene rings is 1. The van der Waals surface area contributed by atoms with Crippen LogP contribution in [0.15, 0.2) is 18.2 Å². The van der Waals surface area contributed by atoms with Crippen LogP contribution in [0.3, 0.4) is 0 Å². The smallest absolute Gasteiger partial charge is 0.119 e. The molecule has 3 aliphatic rings. The summed E-state index contributed by atoms with van der Waals surface area (Å²) in [5, 5.41) is 25.0. The maximum Gasteiger partial charge on any atom is 0.119 e. The zero-order valence-corrected chi connectivity index (χ0v) is 11.2. The minimum Gasteiger partial charge on any atom is -0.508 e. The number of phenols is 1. The summed E-state index contributed by atoms with van der Waals surface area (Å²) >= 11 is 0. The van der Waals surface area contributed by atoms with E-state index in [1.54, 1.807) is 6.07 Å². The van der Waals surface area contributed by atoms with Crippen LogP contribution in [0.2, 0.25) is 0 Å². The normalized spacial score (nSPS) is 40.4. The summed E-state index contributed by atoms with van der Waals surface area (Å²) in [6.45, 7) is 0.974. The number of phenolic OH excluding ortho intramolecular Hbond substituents is 1. The Balaban J connectivity index is 1.98. The highest BCUT2D eigenvalue weighted by Crippen LogP contribution is 2.57. The molecule has 2 bridgehead atoms. The summed E-state index contributed by atoms with van der Waals surface area (Å²) in [4.78, 5) is 0. The second-order valence-corrected chi connectivity index (χ2v) is 6.48. The van der Waals surface area contributed by atoms with Crippen LogP contribution in [0.4, 0.5) is 0 Å². The van der Waals surface area contributed by atoms with E-state index in [9.17, 15) is 10.2 Å². The number of fused-ring (bicyclic) bond motifs is 1. The summed E-state index contributed by atoms with van der Waals surface area (Å²) < 4.78 is 0. The maximum absolute atomic E-state index is 11.4. The first-order valence-corrected chi connectivity index (χ1v) is 7.44. The second-order valence-electron chi connectivity index (χ2n) is 6.48. The lowest BCUT2D eigenvalue weighted by atomic mass is 9.50. The summed E-state index contributed by atoms with van der Waals surface area (Å²) in [5.41, 5.74) is 1.52. The topological polar surface area (TPSA) is 52.5 Å². The van der Waals surface area contributed by atoms with Crippen molar-refractivity contribution < 1.29 is 10.2 Å². The van der Waals surface area contributed by atoms with Gasteiger partial charge in [-0.2, -0.15) is 0 Å². The van der Waals surface area contributed by atoms with Crippen molar-refractivity contribution in [1.82, 2.24) is 5.32 Å². The molecule has 4 rings (SSSR count). The monoisotopic (exact) mass is 259 g/mol. The summed E-state index contributed by atoms with van der Waals surface area (Å²) in [6, 6.07) is 5.94. The molecule has 3 heteroatoms. The average Bonchev–Trinajstić information content (AvgIpc) is 2.39. The van der Waals surface area contributed by atoms with E-state index in [1.165, 1.54) is 12.0 Å². The minimum atomic E-state index is -0.621. The third-order valence-corrected chi connectivity index (χ3v) is 5.83. The van der Waals surface area contributed by atoms with E-state index < -0.39 is 5.60 Å². The lowest BCUT2D eigenvalue weighted by molar-refractivity contribution is -0.124. The Morgan fingerprint density at radius 1 is 1.16 bits per heavy atom. The van der Waals surface area contributed by atoms with Gasteiger partial charge in [0.05, 0.1) is 5.60 Å². The van der Waals surface area contributed by atoms with Crippen molar-refractivity contribution in [2.75, 3.05) is 6.54 Å². The third-order valence-electron chi connectivity index (χ3n) is 5.83. The van der Waals surface area contributed by atoms with Crippen LogP contribution in [-0.2, 0) is 11.8 Å². The summed E-state index contributed by atoms with van der Waals surface area (Å²) in [5.74, 6) is 0.401. The molecule has 1 aliphatic heterocycles. The van der Waals surface area contributed by atoms with Gasteiger partial charge in [-0.05, 0) is 49.4 Å². The van der Waals surface area contributed by atoms with E-state index in [0.717, 1.165) is 44.2 Å². The zero-order chi connectivity index (χ0) is 13.1. The van der Waals surface area contributed by atoms with E-state index in [4.69, 9.17) is 0 Å². The summed E-state index contributed by atoms with van der Waals surface area (Å²) in [6.07, 6.45) is 5.98. The van der Waals surface area contributed by atoms with Crippen LogP contribution in [0.5, 0.6) is 5.75 Å². The molecule has 1 unspecified atom stereocenters. The van der Waals surface area contributed by atoms with E-state index in [1.807, 2.05) is 6.07 Å². The average molecular weight is 259 g/mol. The molecule has 1 aromatic carbocycles. The highest BCUT2D eigenvalue weighted by Gasteiger charge is 2.61. The molecule has 0 amide bonds. The van der Waals surface area contributed by atoms with E-state index in [-0.39, 0.29) is 11.5 Å². The van der Waals surface area contributed by atoms with Crippen LogP contribution >= 0.6 is 0 Å². The first-order valence-electron chi connectivity index (χ1n) is 7.44. The summed E-state index contributed by atoms with van der Waals surface area (Å²) in [7, 11) is 0. The lowest BCUT2D eigenvalue weighted by Crippen LogP contribution is -2.71. The third kappa shape index (κ3) is 1.30. The molecule has 3 nitrogen and oxygen atoms in total. The molecular weight excluding hydrogens is 238 g/mol. The van der Waals surface area contributed by atoms with Gasteiger partial charge in [0.25, 0.3) is 0 Å². The first-order chi connectivity index (χ1) is 9.17. The van der Waals surface area contributed by atoms with Crippen LogP contribution in [0.25, 0.3) is 0 Å². The quantitative estimate of drug-likeness (QED) is 0.666. The first kappa shape index (κ1) is 11.7. The van der Waals surface area contributed by atoms with E-state index in [0.29, 0.717) is 5.75 Å². The van der Waals surface area contributed by atoms with Gasteiger partial charge in [0.2, 0.25) is 0 Å². The largest absolute Gasteiger partial charge is 0.508 e. The molecule has 0 radical (unpaired) electrons.